The Balaban J connectivity index is 2.09. The summed E-state index contributed by atoms with van der Waals surface area (Å²) in [6.45, 7) is 8.10. The number of carbonyl (C=O) groups excluding carboxylic acids is 1. The number of nitrogens with zero attached hydrogens (tertiary/aromatic N) is 1. The molecule has 5 nitrogen and oxygen atoms in total. The smallest absolute Gasteiger partial charge is 0.243 e. The molecule has 1 aromatic carbocycles. The van der Waals surface area contributed by atoms with Crippen molar-refractivity contribution in [2.24, 2.45) is 5.92 Å². The second kappa shape index (κ2) is 8.32. The van der Waals surface area contributed by atoms with Crippen LogP contribution in [0.3, 0.4) is 0 Å². The summed E-state index contributed by atoms with van der Waals surface area (Å²) >= 11 is 0. The van der Waals surface area contributed by atoms with Crippen LogP contribution < -0.4 is 5.32 Å². The molecule has 1 aliphatic heterocycles. The van der Waals surface area contributed by atoms with Gasteiger partial charge in [-0.2, -0.15) is 4.31 Å². The summed E-state index contributed by atoms with van der Waals surface area (Å²) in [6.07, 6.45) is 4.17. The van der Waals surface area contributed by atoms with Gasteiger partial charge in [-0.15, -0.1) is 0 Å². The van der Waals surface area contributed by atoms with Crippen LogP contribution in [0.5, 0.6) is 0 Å². The maximum atomic E-state index is 13.0. The first-order valence-corrected chi connectivity index (χ1v) is 10.6. The number of anilines is 1. The van der Waals surface area contributed by atoms with Gasteiger partial charge in [0.15, 0.2) is 0 Å². The minimum absolute atomic E-state index is 0.0177. The van der Waals surface area contributed by atoms with Crippen molar-refractivity contribution < 1.29 is 13.2 Å². The molecule has 6 heteroatoms. The van der Waals surface area contributed by atoms with Crippen LogP contribution in [-0.4, -0.2) is 30.7 Å². The maximum absolute atomic E-state index is 13.0. The van der Waals surface area contributed by atoms with E-state index in [1.54, 1.807) is 28.6 Å². The van der Waals surface area contributed by atoms with Crippen LogP contribution in [0, 0.1) is 5.92 Å². The number of amides is 1. The summed E-state index contributed by atoms with van der Waals surface area (Å²) in [4.78, 5) is 12.2. The first-order chi connectivity index (χ1) is 11.7. The lowest BCUT2D eigenvalue weighted by Gasteiger charge is -2.37. The van der Waals surface area contributed by atoms with Gasteiger partial charge in [-0.05, 0) is 63.3 Å². The predicted octanol–water partition coefficient (Wildman–Crippen LogP) is 4.01. The standard InChI is InChI=1S/C19H30N2O3S/c1-14(2)8-13-19(22)20-17-9-11-18(12-10-17)25(23,24)21-15(3)6-5-7-16(21)4/h9-12,14-16H,5-8,13H2,1-4H3,(H,20,22)/t15-,16-/m1/s1. The van der Waals surface area contributed by atoms with Gasteiger partial charge in [0.25, 0.3) is 0 Å². The molecule has 0 spiro atoms. The molecular formula is C19H30N2O3S. The number of hydrogen-bond acceptors (Lipinski definition) is 3. The zero-order valence-corrected chi connectivity index (χ0v) is 16.5. The van der Waals surface area contributed by atoms with E-state index in [2.05, 4.69) is 19.2 Å². The summed E-state index contributed by atoms with van der Waals surface area (Å²) in [5.74, 6) is 0.439. The molecule has 1 aromatic rings. The molecular weight excluding hydrogens is 336 g/mol. The van der Waals surface area contributed by atoms with Gasteiger partial charge in [-0.25, -0.2) is 8.42 Å². The molecule has 0 aliphatic carbocycles. The van der Waals surface area contributed by atoms with Crippen LogP contribution in [0.4, 0.5) is 5.69 Å². The Morgan fingerprint density at radius 3 is 2.24 bits per heavy atom. The minimum atomic E-state index is -3.51. The van der Waals surface area contributed by atoms with Gasteiger partial charge in [-0.1, -0.05) is 20.3 Å². The van der Waals surface area contributed by atoms with Crippen LogP contribution in [0.1, 0.15) is 59.8 Å². The predicted molar refractivity (Wildman–Crippen MR) is 101 cm³/mol. The number of benzene rings is 1. The van der Waals surface area contributed by atoms with Crippen LogP contribution in [0.2, 0.25) is 0 Å². The average Bonchev–Trinajstić information content (AvgIpc) is 2.53. The summed E-state index contributed by atoms with van der Waals surface area (Å²) in [7, 11) is -3.51. The summed E-state index contributed by atoms with van der Waals surface area (Å²) in [5, 5.41) is 2.83. The van der Waals surface area contributed by atoms with Crippen molar-refractivity contribution in [1.82, 2.24) is 4.31 Å². The van der Waals surface area contributed by atoms with E-state index in [-0.39, 0.29) is 22.9 Å². The number of hydrogen-bond donors (Lipinski definition) is 1. The monoisotopic (exact) mass is 366 g/mol. The lowest BCUT2D eigenvalue weighted by atomic mass is 10.0. The molecule has 2 rings (SSSR count). The molecule has 140 valence electrons. The van der Waals surface area contributed by atoms with Crippen molar-refractivity contribution in [2.75, 3.05) is 5.32 Å². The van der Waals surface area contributed by atoms with Gasteiger partial charge in [0.2, 0.25) is 15.9 Å². The van der Waals surface area contributed by atoms with Gasteiger partial charge in [0, 0.05) is 24.2 Å². The van der Waals surface area contributed by atoms with E-state index in [0.29, 0.717) is 18.0 Å². The van der Waals surface area contributed by atoms with E-state index in [1.807, 2.05) is 13.8 Å². The highest BCUT2D eigenvalue weighted by Gasteiger charge is 2.35. The van der Waals surface area contributed by atoms with Crippen molar-refractivity contribution >= 4 is 21.6 Å². The van der Waals surface area contributed by atoms with Gasteiger partial charge in [0.05, 0.1) is 4.90 Å². The molecule has 1 N–H and O–H groups in total. The van der Waals surface area contributed by atoms with Crippen molar-refractivity contribution in [3.63, 3.8) is 0 Å². The Labute approximate surface area is 151 Å². The molecule has 0 saturated carbocycles. The molecule has 0 unspecified atom stereocenters. The Bertz CT molecular complexity index is 673. The van der Waals surface area contributed by atoms with Crippen molar-refractivity contribution in [3.05, 3.63) is 24.3 Å². The third kappa shape index (κ3) is 5.05. The highest BCUT2D eigenvalue weighted by Crippen LogP contribution is 2.29. The third-order valence-corrected chi connectivity index (χ3v) is 6.92. The zero-order valence-electron chi connectivity index (χ0n) is 15.7. The number of piperidine rings is 1. The minimum Gasteiger partial charge on any atom is -0.326 e. The fourth-order valence-electron chi connectivity index (χ4n) is 3.35. The molecule has 1 aliphatic rings. The third-order valence-electron chi connectivity index (χ3n) is 4.77. The second-order valence-corrected chi connectivity index (χ2v) is 9.31. The number of rotatable bonds is 6. The second-order valence-electron chi connectivity index (χ2n) is 7.47. The Morgan fingerprint density at radius 2 is 1.72 bits per heavy atom. The summed E-state index contributed by atoms with van der Waals surface area (Å²) in [6, 6.07) is 6.54. The van der Waals surface area contributed by atoms with Crippen molar-refractivity contribution in [3.8, 4) is 0 Å². The summed E-state index contributed by atoms with van der Waals surface area (Å²) in [5.41, 5.74) is 0.632. The largest absolute Gasteiger partial charge is 0.326 e. The first kappa shape index (κ1) is 19.9. The SMILES string of the molecule is CC(C)CCC(=O)Nc1ccc(S(=O)(=O)N2[C@H](C)CCC[C@H]2C)cc1. The lowest BCUT2D eigenvalue weighted by molar-refractivity contribution is -0.116. The van der Waals surface area contributed by atoms with Gasteiger partial charge in [0.1, 0.15) is 0 Å². The molecule has 0 aromatic heterocycles. The van der Waals surface area contributed by atoms with E-state index in [4.69, 9.17) is 0 Å². The van der Waals surface area contributed by atoms with Gasteiger partial charge < -0.3 is 5.32 Å². The fraction of sp³-hybridized carbons (Fsp3) is 0.632. The van der Waals surface area contributed by atoms with E-state index in [9.17, 15) is 13.2 Å². The number of carbonyl (C=O) groups is 1. The lowest BCUT2D eigenvalue weighted by Crippen LogP contribution is -2.47. The molecule has 1 fully saturated rings. The normalized spacial score (nSPS) is 22.1. The van der Waals surface area contributed by atoms with Crippen LogP contribution in [0.15, 0.2) is 29.2 Å². The first-order valence-electron chi connectivity index (χ1n) is 9.15. The number of sulfonamides is 1. The van der Waals surface area contributed by atoms with E-state index in [1.165, 1.54) is 0 Å². The Morgan fingerprint density at radius 1 is 1.16 bits per heavy atom. The quantitative estimate of drug-likeness (QED) is 0.827. The molecule has 1 amide bonds. The zero-order chi connectivity index (χ0) is 18.6. The molecule has 25 heavy (non-hydrogen) atoms. The van der Waals surface area contributed by atoms with Gasteiger partial charge >= 0.3 is 0 Å². The Hall–Kier alpha value is -1.40. The van der Waals surface area contributed by atoms with E-state index < -0.39 is 10.0 Å². The van der Waals surface area contributed by atoms with Crippen LogP contribution >= 0.6 is 0 Å². The van der Waals surface area contributed by atoms with E-state index in [0.717, 1.165) is 25.7 Å². The summed E-state index contributed by atoms with van der Waals surface area (Å²) < 4.78 is 27.5. The Kier molecular flexibility index (Phi) is 6.63. The maximum Gasteiger partial charge on any atom is 0.243 e. The highest BCUT2D eigenvalue weighted by molar-refractivity contribution is 7.89. The topological polar surface area (TPSA) is 66.5 Å². The average molecular weight is 367 g/mol. The molecule has 0 radical (unpaired) electrons. The number of nitrogens with one attached hydrogen (secondary N) is 1. The van der Waals surface area contributed by atoms with Crippen molar-refractivity contribution in [2.45, 2.75) is 76.8 Å². The molecule has 1 heterocycles. The van der Waals surface area contributed by atoms with Crippen LogP contribution in [-0.2, 0) is 14.8 Å². The van der Waals surface area contributed by atoms with Gasteiger partial charge in [-0.3, -0.25) is 4.79 Å². The molecule has 1 saturated heterocycles. The molecule has 0 bridgehead atoms. The fourth-order valence-corrected chi connectivity index (χ4v) is 5.23. The van der Waals surface area contributed by atoms with Crippen LogP contribution in [0.25, 0.3) is 0 Å². The van der Waals surface area contributed by atoms with Crippen molar-refractivity contribution in [1.29, 1.82) is 0 Å². The highest BCUT2D eigenvalue weighted by atomic mass is 32.2. The molecule has 2 atom stereocenters. The van der Waals surface area contributed by atoms with E-state index >= 15 is 0 Å².